The number of hydrogen-bond acceptors (Lipinski definition) is 6. The minimum absolute atomic E-state index is 0.177. The van der Waals surface area contributed by atoms with E-state index >= 15 is 0 Å². The van der Waals surface area contributed by atoms with Crippen LogP contribution in [0.3, 0.4) is 0 Å². The molecule has 4 aromatic rings. The largest absolute Gasteiger partial charge is 0.416 e. The Labute approximate surface area is 225 Å². The van der Waals surface area contributed by atoms with Crippen LogP contribution in [0.25, 0.3) is 27.8 Å². The molecule has 0 aliphatic carbocycles. The number of amides is 2. The molecule has 2 aromatic heterocycles. The number of pyridine rings is 1. The highest BCUT2D eigenvalue weighted by atomic mass is 32.2. The number of alkyl halides is 3. The first-order chi connectivity index (χ1) is 18.6. The molecule has 0 spiro atoms. The van der Waals surface area contributed by atoms with E-state index in [0.717, 1.165) is 12.1 Å². The maximum Gasteiger partial charge on any atom is 0.416 e. The lowest BCUT2D eigenvalue weighted by Gasteiger charge is -2.19. The molecular weight excluding hydrogens is 529 g/mol. The molecule has 0 saturated carbocycles. The summed E-state index contributed by atoms with van der Waals surface area (Å²) < 4.78 is 41.8. The highest BCUT2D eigenvalue weighted by Gasteiger charge is 2.31. The van der Waals surface area contributed by atoms with Crippen LogP contribution in [0.2, 0.25) is 0 Å². The van der Waals surface area contributed by atoms with E-state index < -0.39 is 23.7 Å². The number of carbonyl (C=O) groups is 2. The van der Waals surface area contributed by atoms with Crippen LogP contribution in [0.1, 0.15) is 21.5 Å². The number of nitrogens with zero attached hydrogens (tertiary/aromatic N) is 5. The number of nitrogens with one attached hydrogen (secondary N) is 1. The molecule has 0 unspecified atom stereocenters. The van der Waals surface area contributed by atoms with Gasteiger partial charge < -0.3 is 10.2 Å². The number of nitriles is 1. The van der Waals surface area contributed by atoms with Crippen LogP contribution in [0.4, 0.5) is 13.2 Å². The Morgan fingerprint density at radius 3 is 2.72 bits per heavy atom. The molecule has 1 aliphatic heterocycles. The summed E-state index contributed by atoms with van der Waals surface area (Å²) in [5, 5.41) is 16.4. The zero-order valence-corrected chi connectivity index (χ0v) is 21.4. The van der Waals surface area contributed by atoms with Gasteiger partial charge in [0.05, 0.1) is 35.1 Å². The predicted octanol–water partition coefficient (Wildman–Crippen LogP) is 4.57. The third kappa shape index (κ3) is 5.44. The predicted molar refractivity (Wildman–Crippen MR) is 140 cm³/mol. The van der Waals surface area contributed by atoms with Gasteiger partial charge in [0, 0.05) is 23.5 Å². The molecule has 1 atom stereocenters. The van der Waals surface area contributed by atoms with Gasteiger partial charge in [-0.15, -0.1) is 11.8 Å². The van der Waals surface area contributed by atoms with Gasteiger partial charge >= 0.3 is 6.18 Å². The molecule has 8 nitrogen and oxygen atoms in total. The van der Waals surface area contributed by atoms with Crippen LogP contribution in [0, 0.1) is 18.3 Å². The number of fused-ring (bicyclic) bond motifs is 1. The van der Waals surface area contributed by atoms with Gasteiger partial charge in [0.2, 0.25) is 5.91 Å². The van der Waals surface area contributed by atoms with E-state index in [2.05, 4.69) is 21.5 Å². The molecule has 1 aliphatic rings. The number of rotatable bonds is 5. The Kier molecular flexibility index (Phi) is 7.01. The van der Waals surface area contributed by atoms with Crippen molar-refractivity contribution >= 4 is 34.5 Å². The molecule has 39 heavy (non-hydrogen) atoms. The maximum atomic E-state index is 13.5. The maximum absolute atomic E-state index is 13.5. The fraction of sp³-hybridized carbons (Fsp3) is 0.222. The average Bonchev–Trinajstić information content (AvgIpc) is 3.62. The molecule has 0 bridgehead atoms. The fourth-order valence-corrected chi connectivity index (χ4v) is 5.47. The molecule has 1 fully saturated rings. The lowest BCUT2D eigenvalue weighted by Crippen LogP contribution is -2.42. The molecule has 5 rings (SSSR count). The summed E-state index contributed by atoms with van der Waals surface area (Å²) in [5.74, 6) is 0.282. The second kappa shape index (κ2) is 10.4. The van der Waals surface area contributed by atoms with Crippen molar-refractivity contribution in [2.45, 2.75) is 19.1 Å². The standard InChI is InChI=1S/C27H21F3N6O2S/c1-16-7-18(9-19(8-16)27(28,29)30)17-3-4-23-21(10-17)22(11-24(34-23)36-6-2-5-33-36)26(38)32-13-25(37)35-15-39-14-20(35)12-31/h2-11,20H,13-15H2,1H3,(H,32,38)/t20-/m1/s1. The molecule has 0 radical (unpaired) electrons. The first-order valence-corrected chi connectivity index (χ1v) is 13.0. The zero-order valence-electron chi connectivity index (χ0n) is 20.6. The van der Waals surface area contributed by atoms with E-state index in [9.17, 15) is 28.0 Å². The monoisotopic (exact) mass is 550 g/mol. The molecule has 2 amide bonds. The summed E-state index contributed by atoms with van der Waals surface area (Å²) in [6.45, 7) is 1.27. The van der Waals surface area contributed by atoms with Crippen LogP contribution in [-0.2, 0) is 11.0 Å². The van der Waals surface area contributed by atoms with Gasteiger partial charge in [-0.05, 0) is 60.0 Å². The van der Waals surface area contributed by atoms with Gasteiger partial charge in [-0.2, -0.15) is 23.5 Å². The van der Waals surface area contributed by atoms with E-state index in [4.69, 9.17) is 0 Å². The van der Waals surface area contributed by atoms with E-state index in [1.54, 1.807) is 49.6 Å². The van der Waals surface area contributed by atoms with Crippen molar-refractivity contribution in [2.24, 2.45) is 0 Å². The third-order valence-electron chi connectivity index (χ3n) is 6.27. The van der Waals surface area contributed by atoms with Gasteiger partial charge in [-0.1, -0.05) is 12.1 Å². The zero-order chi connectivity index (χ0) is 27.7. The molecule has 12 heteroatoms. The minimum Gasteiger partial charge on any atom is -0.343 e. The minimum atomic E-state index is -4.51. The van der Waals surface area contributed by atoms with Crippen molar-refractivity contribution in [3.8, 4) is 23.0 Å². The van der Waals surface area contributed by atoms with Crippen LogP contribution < -0.4 is 5.32 Å². The Balaban J connectivity index is 1.54. The summed E-state index contributed by atoms with van der Waals surface area (Å²) in [7, 11) is 0. The molecule has 198 valence electrons. The Morgan fingerprint density at radius 1 is 1.18 bits per heavy atom. The Bertz CT molecular complexity index is 1610. The van der Waals surface area contributed by atoms with Gasteiger partial charge in [0.25, 0.3) is 5.91 Å². The molecule has 1 N–H and O–H groups in total. The molecule has 1 saturated heterocycles. The summed E-state index contributed by atoms with van der Waals surface area (Å²) >= 11 is 1.46. The van der Waals surface area contributed by atoms with Crippen LogP contribution >= 0.6 is 11.8 Å². The van der Waals surface area contributed by atoms with Gasteiger partial charge in [-0.3, -0.25) is 9.59 Å². The lowest BCUT2D eigenvalue weighted by atomic mass is 9.97. The molecular formula is C27H21F3N6O2S. The van der Waals surface area contributed by atoms with E-state index in [1.807, 2.05) is 0 Å². The van der Waals surface area contributed by atoms with Crippen molar-refractivity contribution in [3.05, 3.63) is 77.6 Å². The highest BCUT2D eigenvalue weighted by molar-refractivity contribution is 7.99. The SMILES string of the molecule is Cc1cc(-c2ccc3nc(-n4cccn4)cc(C(=O)NCC(=O)N4CSC[C@H]4C#N)c3c2)cc(C(F)(F)F)c1. The topological polar surface area (TPSA) is 104 Å². The number of hydrogen-bond donors (Lipinski definition) is 1. The fourth-order valence-electron chi connectivity index (χ4n) is 4.36. The van der Waals surface area contributed by atoms with Gasteiger partial charge in [0.15, 0.2) is 5.82 Å². The summed E-state index contributed by atoms with van der Waals surface area (Å²) in [5.41, 5.74) is 1.09. The van der Waals surface area contributed by atoms with Crippen molar-refractivity contribution in [2.75, 3.05) is 18.2 Å². The van der Waals surface area contributed by atoms with E-state index in [-0.39, 0.29) is 18.0 Å². The Morgan fingerprint density at radius 2 is 2.00 bits per heavy atom. The number of benzene rings is 2. The molecule has 2 aromatic carbocycles. The van der Waals surface area contributed by atoms with Gasteiger partial charge in [0.1, 0.15) is 6.04 Å². The molecule has 3 heterocycles. The first-order valence-electron chi connectivity index (χ1n) is 11.8. The first kappa shape index (κ1) is 26.2. The number of halogens is 3. The summed E-state index contributed by atoms with van der Waals surface area (Å²) in [4.78, 5) is 32.1. The van der Waals surface area contributed by atoms with Crippen LogP contribution in [0.5, 0.6) is 0 Å². The van der Waals surface area contributed by atoms with Crippen molar-refractivity contribution < 1.29 is 22.8 Å². The van der Waals surface area contributed by atoms with E-state index in [0.29, 0.717) is 45.0 Å². The lowest BCUT2D eigenvalue weighted by molar-refractivity contribution is -0.137. The van der Waals surface area contributed by atoms with E-state index in [1.165, 1.54) is 27.4 Å². The smallest absolute Gasteiger partial charge is 0.343 e. The average molecular weight is 551 g/mol. The van der Waals surface area contributed by atoms with Crippen molar-refractivity contribution in [1.29, 1.82) is 5.26 Å². The van der Waals surface area contributed by atoms with Crippen LogP contribution in [0.15, 0.2) is 60.9 Å². The van der Waals surface area contributed by atoms with Crippen molar-refractivity contribution in [1.82, 2.24) is 25.0 Å². The number of aromatic nitrogens is 3. The normalized spacial score (nSPS) is 15.4. The second-order valence-electron chi connectivity index (χ2n) is 8.99. The quantitative estimate of drug-likeness (QED) is 0.391. The Hall–Kier alpha value is -4.37. The summed E-state index contributed by atoms with van der Waals surface area (Å²) in [6.07, 6.45) is -1.29. The second-order valence-corrected chi connectivity index (χ2v) is 9.99. The summed E-state index contributed by atoms with van der Waals surface area (Å²) in [6, 6.07) is 13.4. The number of aryl methyl sites for hydroxylation is 1. The van der Waals surface area contributed by atoms with Gasteiger partial charge in [-0.25, -0.2) is 9.67 Å². The number of carbonyl (C=O) groups excluding carboxylic acids is 2. The third-order valence-corrected chi connectivity index (χ3v) is 7.28. The van der Waals surface area contributed by atoms with Crippen LogP contribution in [-0.4, -0.2) is 55.7 Å². The number of thioether (sulfide) groups is 1. The highest BCUT2D eigenvalue weighted by Crippen LogP contribution is 2.34. The van der Waals surface area contributed by atoms with Crippen molar-refractivity contribution in [3.63, 3.8) is 0 Å².